The number of hydrogen-bond acceptors (Lipinski definition) is 9. The predicted molar refractivity (Wildman–Crippen MR) is 247 cm³/mol. The number of amides is 1. The Bertz CT molecular complexity index is 2050. The standard InChI is InChI=1S/C53H70N2O8/c1-3-28-55(49(58)27-22-37-15-5-6-16-37)48-36-46(54-63-50-21-11-14-32-59-50)44-34-40(19-9-12-29-56)43(20-10-13-30-57)51-45-35-42(61-41-24-23-38-17-7-8-18-39(38)33-41)25-26-47(45)62-53(48,52(44)51)60-31-4-2/h4,7-8,17-18,23-26,33-35,37,40,43,48,50-52,56-57H,2-3,5-6,9-16,19-22,27-32,36H2,1H3/t40-,43+,48-,50?,51+,52+,53+/m0/s1. The fourth-order valence-corrected chi connectivity index (χ4v) is 11.5. The number of benzene rings is 3. The van der Waals surface area contributed by atoms with E-state index >= 15 is 0 Å². The Balaban J connectivity index is 1.28. The monoisotopic (exact) mass is 863 g/mol. The summed E-state index contributed by atoms with van der Waals surface area (Å²) in [5.74, 6) is 1.37. The first-order chi connectivity index (χ1) is 31.0. The molecule has 1 amide bonds. The molecule has 0 aromatic heterocycles. The van der Waals surface area contributed by atoms with Crippen molar-refractivity contribution in [1.82, 2.24) is 4.90 Å². The largest absolute Gasteiger partial charge is 0.459 e. The molecule has 0 radical (unpaired) electrons. The highest BCUT2D eigenvalue weighted by Crippen LogP contribution is 2.62. The Morgan fingerprint density at radius 3 is 2.44 bits per heavy atom. The third-order valence-electron chi connectivity index (χ3n) is 14.4. The van der Waals surface area contributed by atoms with Crippen molar-refractivity contribution in [1.29, 1.82) is 0 Å². The van der Waals surface area contributed by atoms with E-state index in [0.717, 1.165) is 96.9 Å². The van der Waals surface area contributed by atoms with E-state index in [4.69, 9.17) is 28.9 Å². The van der Waals surface area contributed by atoms with Gasteiger partial charge in [0.25, 0.3) is 0 Å². The summed E-state index contributed by atoms with van der Waals surface area (Å²) in [6, 6.07) is 20.1. The van der Waals surface area contributed by atoms with Crippen LogP contribution < -0.4 is 9.47 Å². The maximum absolute atomic E-state index is 14.8. The lowest BCUT2D eigenvalue weighted by atomic mass is 9.55. The van der Waals surface area contributed by atoms with Gasteiger partial charge in [-0.3, -0.25) is 4.79 Å². The summed E-state index contributed by atoms with van der Waals surface area (Å²) in [7, 11) is 0. The van der Waals surface area contributed by atoms with Crippen molar-refractivity contribution in [3.63, 3.8) is 0 Å². The molecule has 10 nitrogen and oxygen atoms in total. The highest BCUT2D eigenvalue weighted by Gasteiger charge is 2.65. The fourth-order valence-electron chi connectivity index (χ4n) is 11.5. The molecule has 7 atom stereocenters. The maximum Gasteiger partial charge on any atom is 0.239 e. The van der Waals surface area contributed by atoms with E-state index in [9.17, 15) is 15.0 Å². The van der Waals surface area contributed by atoms with Gasteiger partial charge in [-0.1, -0.05) is 93.1 Å². The zero-order valence-electron chi connectivity index (χ0n) is 37.5. The Kier molecular flexibility index (Phi) is 15.6. The van der Waals surface area contributed by atoms with Crippen LogP contribution in [0.5, 0.6) is 17.2 Å². The molecule has 2 N–H and O–H groups in total. The molecule has 0 bridgehead atoms. The summed E-state index contributed by atoms with van der Waals surface area (Å²) >= 11 is 0. The highest BCUT2D eigenvalue weighted by atomic mass is 16.8. The Hall–Kier alpha value is -4.22. The molecule has 2 saturated carbocycles. The molecule has 2 aliphatic heterocycles. The minimum absolute atomic E-state index is 0.120. The molecule has 1 unspecified atom stereocenters. The number of rotatable bonds is 21. The summed E-state index contributed by atoms with van der Waals surface area (Å²) in [5.41, 5.74) is 2.88. The van der Waals surface area contributed by atoms with Crippen LogP contribution in [-0.2, 0) is 19.1 Å². The molecule has 3 aromatic rings. The second-order valence-corrected chi connectivity index (χ2v) is 18.6. The lowest BCUT2D eigenvalue weighted by Gasteiger charge is -2.60. The number of aliphatic hydroxyl groups is 2. The summed E-state index contributed by atoms with van der Waals surface area (Å²) in [4.78, 5) is 23.3. The molecule has 2 heterocycles. The first-order valence-electron chi connectivity index (χ1n) is 24.3. The highest BCUT2D eigenvalue weighted by molar-refractivity contribution is 6.03. The molecule has 0 spiro atoms. The molecular formula is C53H70N2O8. The van der Waals surface area contributed by atoms with Gasteiger partial charge in [-0.2, -0.15) is 0 Å². The van der Waals surface area contributed by atoms with Gasteiger partial charge in [0, 0.05) is 50.5 Å². The van der Waals surface area contributed by atoms with Crippen molar-refractivity contribution < 1.29 is 38.8 Å². The minimum atomic E-state index is -1.28. The molecule has 3 fully saturated rings. The summed E-state index contributed by atoms with van der Waals surface area (Å²) in [6.45, 7) is 7.93. The number of carbonyl (C=O) groups is 1. The van der Waals surface area contributed by atoms with Crippen molar-refractivity contribution in [3.8, 4) is 17.2 Å². The second-order valence-electron chi connectivity index (χ2n) is 18.6. The molecule has 1 saturated heterocycles. The Morgan fingerprint density at radius 1 is 0.921 bits per heavy atom. The third-order valence-corrected chi connectivity index (χ3v) is 14.4. The molecule has 8 rings (SSSR count). The normalized spacial score (nSPS) is 27.3. The number of fused-ring (bicyclic) bond motifs is 3. The zero-order chi connectivity index (χ0) is 43.6. The number of aliphatic hydroxyl groups excluding tert-OH is 2. The van der Waals surface area contributed by atoms with Gasteiger partial charge in [0.2, 0.25) is 18.0 Å². The van der Waals surface area contributed by atoms with Crippen LogP contribution >= 0.6 is 0 Å². The van der Waals surface area contributed by atoms with Gasteiger partial charge in [-0.05, 0) is 116 Å². The van der Waals surface area contributed by atoms with Crippen molar-refractivity contribution in [2.45, 2.75) is 140 Å². The molecule has 3 aromatic carbocycles. The molecule has 10 heteroatoms. The topological polar surface area (TPSA) is 119 Å². The van der Waals surface area contributed by atoms with Crippen LogP contribution in [-0.4, -0.2) is 77.8 Å². The lowest BCUT2D eigenvalue weighted by Crippen LogP contribution is -2.70. The van der Waals surface area contributed by atoms with Gasteiger partial charge < -0.3 is 38.9 Å². The molecular weight excluding hydrogens is 793 g/mol. The van der Waals surface area contributed by atoms with Gasteiger partial charge in [-0.25, -0.2) is 0 Å². The number of allylic oxidation sites excluding steroid dienone is 1. The van der Waals surface area contributed by atoms with E-state index < -0.39 is 18.1 Å². The average Bonchev–Trinajstić information content (AvgIpc) is 3.84. The summed E-state index contributed by atoms with van der Waals surface area (Å²) in [6.07, 6.45) is 18.8. The van der Waals surface area contributed by atoms with E-state index in [-0.39, 0.29) is 49.4 Å². The van der Waals surface area contributed by atoms with Crippen LogP contribution in [0.25, 0.3) is 10.8 Å². The average molecular weight is 863 g/mol. The van der Waals surface area contributed by atoms with Crippen molar-refractivity contribution in [2.75, 3.05) is 33.0 Å². The first-order valence-corrected chi connectivity index (χ1v) is 24.3. The van der Waals surface area contributed by atoms with E-state index in [1.54, 1.807) is 6.08 Å². The van der Waals surface area contributed by atoms with Crippen LogP contribution in [0.1, 0.15) is 128 Å². The van der Waals surface area contributed by atoms with Gasteiger partial charge >= 0.3 is 0 Å². The van der Waals surface area contributed by atoms with Crippen LogP contribution in [0, 0.1) is 23.7 Å². The molecule has 63 heavy (non-hydrogen) atoms. The van der Waals surface area contributed by atoms with Gasteiger partial charge in [0.05, 0.1) is 24.8 Å². The number of hydrogen-bond donors (Lipinski definition) is 2. The Morgan fingerprint density at radius 2 is 1.68 bits per heavy atom. The summed E-state index contributed by atoms with van der Waals surface area (Å²) < 4.78 is 27.4. The number of unbranched alkanes of at least 4 members (excludes halogenated alkanes) is 2. The molecule has 3 aliphatic carbocycles. The predicted octanol–water partition coefficient (Wildman–Crippen LogP) is 11.0. The molecule has 340 valence electrons. The molecule has 5 aliphatic rings. The zero-order valence-corrected chi connectivity index (χ0v) is 37.5. The Labute approximate surface area is 374 Å². The number of nitrogens with zero attached hydrogens (tertiary/aromatic N) is 2. The van der Waals surface area contributed by atoms with Crippen LogP contribution in [0.2, 0.25) is 0 Å². The van der Waals surface area contributed by atoms with Crippen LogP contribution in [0.15, 0.2) is 90.1 Å². The lowest BCUT2D eigenvalue weighted by molar-refractivity contribution is -0.257. The van der Waals surface area contributed by atoms with E-state index in [0.29, 0.717) is 50.5 Å². The van der Waals surface area contributed by atoms with Crippen molar-refractivity contribution >= 4 is 22.4 Å². The first kappa shape index (κ1) is 45.4. The van der Waals surface area contributed by atoms with Crippen molar-refractivity contribution in [3.05, 3.63) is 90.5 Å². The van der Waals surface area contributed by atoms with Gasteiger partial charge in [-0.15, -0.1) is 6.58 Å². The van der Waals surface area contributed by atoms with Crippen LogP contribution in [0.3, 0.4) is 0 Å². The number of oxime groups is 1. The van der Waals surface area contributed by atoms with E-state index in [1.807, 2.05) is 30.3 Å². The fraction of sp³-hybridized carbons (Fsp3) is 0.585. The van der Waals surface area contributed by atoms with Crippen molar-refractivity contribution in [2.24, 2.45) is 28.8 Å². The van der Waals surface area contributed by atoms with Gasteiger partial charge in [0.15, 0.2) is 0 Å². The van der Waals surface area contributed by atoms with E-state index in [2.05, 4.69) is 54.8 Å². The maximum atomic E-state index is 14.8. The third kappa shape index (κ3) is 10.2. The SMILES string of the molecule is C=CCO[C@@]12Oc3ccc(Oc4ccc5ccccc5c4)cc3[C@H]3[C@H](CCCCO)[C@@H](CCCCO)C=C(C(=NOC4CCCCO4)C[C@@H]1N(CCC)C(=O)CCC1CCCC1)[C@H]32. The second kappa shape index (κ2) is 21.6. The number of carbonyl (C=O) groups excluding carboxylic acids is 1. The quantitative estimate of drug-likeness (QED) is 0.0617. The van der Waals surface area contributed by atoms with Crippen LogP contribution in [0.4, 0.5) is 0 Å². The number of ether oxygens (including phenoxy) is 4. The van der Waals surface area contributed by atoms with Gasteiger partial charge in [0.1, 0.15) is 23.3 Å². The van der Waals surface area contributed by atoms with E-state index in [1.165, 1.54) is 25.7 Å². The smallest absolute Gasteiger partial charge is 0.239 e. The minimum Gasteiger partial charge on any atom is -0.459 e. The summed E-state index contributed by atoms with van der Waals surface area (Å²) in [5, 5.41) is 27.3.